The molecule has 1 aliphatic carbocycles. The molecule has 0 amide bonds. The first-order valence-corrected chi connectivity index (χ1v) is 7.27. The van der Waals surface area contributed by atoms with E-state index in [2.05, 4.69) is 40.2 Å². The van der Waals surface area contributed by atoms with E-state index < -0.39 is 0 Å². The number of hydrogen-bond donors (Lipinski definition) is 0. The molecule has 94 valence electrons. The van der Waals surface area contributed by atoms with Gasteiger partial charge in [0.05, 0.1) is 21.2 Å². The predicted octanol–water partition coefficient (Wildman–Crippen LogP) is 4.83. The SMILES string of the molecule is N#Cc1ccc2ccc(C3=CCCCC3)nc2c1Br. The third-order valence-electron chi connectivity index (χ3n) is 3.54. The van der Waals surface area contributed by atoms with Crippen molar-refractivity contribution in [1.29, 1.82) is 5.26 Å². The van der Waals surface area contributed by atoms with Gasteiger partial charge < -0.3 is 0 Å². The quantitative estimate of drug-likeness (QED) is 0.756. The molecule has 2 nitrogen and oxygen atoms in total. The number of allylic oxidation sites excluding steroid dienone is 2. The number of halogens is 1. The summed E-state index contributed by atoms with van der Waals surface area (Å²) in [7, 11) is 0. The summed E-state index contributed by atoms with van der Waals surface area (Å²) in [4.78, 5) is 4.74. The summed E-state index contributed by atoms with van der Waals surface area (Å²) in [6.45, 7) is 0. The molecular formula is C16H13BrN2. The molecule has 0 radical (unpaired) electrons. The average Bonchev–Trinajstić information content (AvgIpc) is 2.48. The number of hydrogen-bond acceptors (Lipinski definition) is 2. The third-order valence-corrected chi connectivity index (χ3v) is 4.34. The highest BCUT2D eigenvalue weighted by Crippen LogP contribution is 2.30. The first kappa shape index (κ1) is 12.4. The second-order valence-electron chi connectivity index (χ2n) is 4.78. The highest BCUT2D eigenvalue weighted by Gasteiger charge is 2.11. The fraction of sp³-hybridized carbons (Fsp3) is 0.250. The van der Waals surface area contributed by atoms with Gasteiger partial charge in [0.25, 0.3) is 0 Å². The van der Waals surface area contributed by atoms with E-state index in [1.165, 1.54) is 18.4 Å². The van der Waals surface area contributed by atoms with Crippen molar-refractivity contribution in [3.63, 3.8) is 0 Å². The van der Waals surface area contributed by atoms with Crippen molar-refractivity contribution in [1.82, 2.24) is 4.98 Å². The second-order valence-corrected chi connectivity index (χ2v) is 5.58. The van der Waals surface area contributed by atoms with Crippen molar-refractivity contribution in [3.05, 3.63) is 46.1 Å². The maximum absolute atomic E-state index is 9.08. The third kappa shape index (κ3) is 2.29. The van der Waals surface area contributed by atoms with E-state index in [0.717, 1.165) is 33.9 Å². The van der Waals surface area contributed by atoms with Gasteiger partial charge in [-0.15, -0.1) is 0 Å². The topological polar surface area (TPSA) is 36.7 Å². The van der Waals surface area contributed by atoms with Crippen molar-refractivity contribution in [2.75, 3.05) is 0 Å². The van der Waals surface area contributed by atoms with Gasteiger partial charge >= 0.3 is 0 Å². The zero-order chi connectivity index (χ0) is 13.2. The molecule has 0 bridgehead atoms. The Balaban J connectivity index is 2.17. The van der Waals surface area contributed by atoms with Gasteiger partial charge in [0, 0.05) is 5.39 Å². The highest BCUT2D eigenvalue weighted by molar-refractivity contribution is 9.10. The molecule has 0 saturated carbocycles. The molecule has 19 heavy (non-hydrogen) atoms. The summed E-state index contributed by atoms with van der Waals surface area (Å²) in [5.41, 5.74) is 3.89. The second kappa shape index (κ2) is 5.14. The minimum Gasteiger partial charge on any atom is -0.247 e. The Morgan fingerprint density at radius 2 is 2.00 bits per heavy atom. The minimum atomic E-state index is 0.634. The van der Waals surface area contributed by atoms with Crippen molar-refractivity contribution >= 4 is 32.4 Å². The highest BCUT2D eigenvalue weighted by atomic mass is 79.9. The van der Waals surface area contributed by atoms with Crippen LogP contribution in [0.3, 0.4) is 0 Å². The van der Waals surface area contributed by atoms with Gasteiger partial charge in [-0.3, -0.25) is 0 Å². The lowest BCUT2D eigenvalue weighted by atomic mass is 9.96. The number of rotatable bonds is 1. The predicted molar refractivity (Wildman–Crippen MR) is 80.6 cm³/mol. The standard InChI is InChI=1S/C16H13BrN2/c17-15-13(10-18)7-6-12-8-9-14(19-16(12)15)11-4-2-1-3-5-11/h4,6-9H,1-3,5H2. The molecule has 1 heterocycles. The van der Waals surface area contributed by atoms with Gasteiger partial charge in [-0.1, -0.05) is 18.2 Å². The van der Waals surface area contributed by atoms with Gasteiger partial charge in [-0.25, -0.2) is 4.98 Å². The van der Waals surface area contributed by atoms with Crippen LogP contribution in [0.5, 0.6) is 0 Å². The van der Waals surface area contributed by atoms with E-state index in [4.69, 9.17) is 10.2 Å². The summed E-state index contributed by atoms with van der Waals surface area (Å²) < 4.78 is 0.797. The van der Waals surface area contributed by atoms with Crippen LogP contribution in [0, 0.1) is 11.3 Å². The van der Waals surface area contributed by atoms with Gasteiger partial charge in [0.1, 0.15) is 6.07 Å². The van der Waals surface area contributed by atoms with Crippen molar-refractivity contribution in [2.24, 2.45) is 0 Å². The lowest BCUT2D eigenvalue weighted by Crippen LogP contribution is -1.96. The summed E-state index contributed by atoms with van der Waals surface area (Å²) in [6.07, 6.45) is 7.06. The Hall–Kier alpha value is -1.66. The maximum atomic E-state index is 9.08. The van der Waals surface area contributed by atoms with Crippen LogP contribution in [-0.2, 0) is 0 Å². The zero-order valence-electron chi connectivity index (χ0n) is 10.5. The first-order valence-electron chi connectivity index (χ1n) is 6.48. The number of nitriles is 1. The number of benzene rings is 1. The van der Waals surface area contributed by atoms with Gasteiger partial charge in [0.2, 0.25) is 0 Å². The van der Waals surface area contributed by atoms with E-state index >= 15 is 0 Å². The Morgan fingerprint density at radius 1 is 1.16 bits per heavy atom. The van der Waals surface area contributed by atoms with Gasteiger partial charge in [-0.2, -0.15) is 5.26 Å². The van der Waals surface area contributed by atoms with Crippen LogP contribution >= 0.6 is 15.9 Å². The summed E-state index contributed by atoms with van der Waals surface area (Å²) in [5.74, 6) is 0. The maximum Gasteiger partial charge on any atom is 0.100 e. The summed E-state index contributed by atoms with van der Waals surface area (Å²) in [6, 6.07) is 10.1. The van der Waals surface area contributed by atoms with Crippen LogP contribution < -0.4 is 0 Å². The molecule has 3 rings (SSSR count). The van der Waals surface area contributed by atoms with E-state index in [1.807, 2.05) is 12.1 Å². The summed E-state index contributed by atoms with van der Waals surface area (Å²) in [5, 5.41) is 10.1. The number of pyridine rings is 1. The van der Waals surface area contributed by atoms with E-state index in [9.17, 15) is 0 Å². The van der Waals surface area contributed by atoms with Crippen molar-refractivity contribution in [3.8, 4) is 6.07 Å². The molecule has 2 aromatic rings. The lowest BCUT2D eigenvalue weighted by Gasteiger charge is -2.13. The molecule has 1 aliphatic rings. The van der Waals surface area contributed by atoms with Crippen LogP contribution in [0.15, 0.2) is 34.8 Å². The van der Waals surface area contributed by atoms with Crippen molar-refractivity contribution < 1.29 is 0 Å². The van der Waals surface area contributed by atoms with E-state index in [1.54, 1.807) is 0 Å². The lowest BCUT2D eigenvalue weighted by molar-refractivity contribution is 0.740. The molecule has 1 aromatic carbocycles. The Kier molecular flexibility index (Phi) is 3.35. The zero-order valence-corrected chi connectivity index (χ0v) is 12.1. The average molecular weight is 313 g/mol. The van der Waals surface area contributed by atoms with Crippen LogP contribution in [0.4, 0.5) is 0 Å². The van der Waals surface area contributed by atoms with E-state index in [0.29, 0.717) is 5.56 Å². The van der Waals surface area contributed by atoms with Crippen LogP contribution in [0.2, 0.25) is 0 Å². The molecule has 0 spiro atoms. The van der Waals surface area contributed by atoms with E-state index in [-0.39, 0.29) is 0 Å². The Morgan fingerprint density at radius 3 is 2.74 bits per heavy atom. The monoisotopic (exact) mass is 312 g/mol. The van der Waals surface area contributed by atoms with Gasteiger partial charge in [0.15, 0.2) is 0 Å². The molecule has 3 heteroatoms. The number of nitrogens with zero attached hydrogens (tertiary/aromatic N) is 2. The smallest absolute Gasteiger partial charge is 0.100 e. The minimum absolute atomic E-state index is 0.634. The largest absolute Gasteiger partial charge is 0.247 e. The van der Waals surface area contributed by atoms with Gasteiger partial charge in [-0.05, 0) is 59.3 Å². The normalized spacial score (nSPS) is 15.1. The number of fused-ring (bicyclic) bond motifs is 1. The Labute approximate surface area is 120 Å². The van der Waals surface area contributed by atoms with Crippen molar-refractivity contribution in [2.45, 2.75) is 25.7 Å². The number of aromatic nitrogens is 1. The molecule has 0 aliphatic heterocycles. The molecule has 0 atom stereocenters. The van der Waals surface area contributed by atoms with Crippen LogP contribution in [0.1, 0.15) is 36.9 Å². The molecular weight excluding hydrogens is 300 g/mol. The van der Waals surface area contributed by atoms with Crippen LogP contribution in [0.25, 0.3) is 16.5 Å². The fourth-order valence-corrected chi connectivity index (χ4v) is 3.03. The molecule has 0 saturated heterocycles. The fourth-order valence-electron chi connectivity index (χ4n) is 2.49. The molecule has 0 N–H and O–H groups in total. The first-order chi connectivity index (χ1) is 9.29. The Bertz CT molecular complexity index is 710. The molecule has 0 unspecified atom stereocenters. The summed E-state index contributed by atoms with van der Waals surface area (Å²) >= 11 is 3.50. The molecule has 1 aromatic heterocycles. The molecule has 0 fully saturated rings. The van der Waals surface area contributed by atoms with Crippen LogP contribution in [-0.4, -0.2) is 4.98 Å².